The van der Waals surface area contributed by atoms with Crippen LogP contribution in [0.1, 0.15) is 25.3 Å². The van der Waals surface area contributed by atoms with Gasteiger partial charge in [-0.15, -0.1) is 0 Å². The molecular formula is C14H12ClNO2. The number of ether oxygens (including phenoxy) is 1. The van der Waals surface area contributed by atoms with E-state index in [9.17, 15) is 4.79 Å². The zero-order valence-corrected chi connectivity index (χ0v) is 10.7. The van der Waals surface area contributed by atoms with Crippen LogP contribution in [0, 0.1) is 17.8 Å². The minimum atomic E-state index is -0.912. The summed E-state index contributed by atoms with van der Waals surface area (Å²) in [6, 6.07) is 5.30. The van der Waals surface area contributed by atoms with Crippen LogP contribution in [0.5, 0.6) is 0 Å². The van der Waals surface area contributed by atoms with Gasteiger partial charge in [-0.25, -0.2) is 4.79 Å². The highest BCUT2D eigenvalue weighted by Gasteiger charge is 2.37. The summed E-state index contributed by atoms with van der Waals surface area (Å²) in [6.45, 7) is 1.80. The molecule has 18 heavy (non-hydrogen) atoms. The number of hydrogen-bond donors (Lipinski definition) is 1. The van der Waals surface area contributed by atoms with Crippen LogP contribution >= 0.6 is 11.6 Å². The number of nitrogens with one attached hydrogen (secondary N) is 1. The molecule has 1 saturated carbocycles. The van der Waals surface area contributed by atoms with Crippen LogP contribution in [0.25, 0.3) is 0 Å². The van der Waals surface area contributed by atoms with Gasteiger partial charge in [0.25, 0.3) is 0 Å². The molecule has 3 rings (SSSR count). The third-order valence-electron chi connectivity index (χ3n) is 3.12. The standard InChI is InChI=1S/C14H12ClNO2/c1-14(7-6-9-2-3-9)11-8-10(15)4-5-12(11)16-13(17)18-14/h4-5,8-9H,2-3H2,1H3,(H,16,17). The summed E-state index contributed by atoms with van der Waals surface area (Å²) in [5.74, 6) is 6.69. The van der Waals surface area contributed by atoms with E-state index in [2.05, 4.69) is 17.2 Å². The Balaban J connectivity index is 2.07. The van der Waals surface area contributed by atoms with Crippen LogP contribution in [0.15, 0.2) is 18.2 Å². The number of anilines is 1. The molecule has 3 nitrogen and oxygen atoms in total. The van der Waals surface area contributed by atoms with Gasteiger partial charge in [0, 0.05) is 16.5 Å². The van der Waals surface area contributed by atoms with Crippen molar-refractivity contribution in [3.05, 3.63) is 28.8 Å². The van der Waals surface area contributed by atoms with Gasteiger partial charge in [0.1, 0.15) is 0 Å². The largest absolute Gasteiger partial charge is 0.425 e. The van der Waals surface area contributed by atoms with Crippen LogP contribution in [0.4, 0.5) is 10.5 Å². The molecule has 1 aromatic rings. The van der Waals surface area contributed by atoms with Crippen molar-refractivity contribution in [3.8, 4) is 11.8 Å². The van der Waals surface area contributed by atoms with E-state index in [4.69, 9.17) is 16.3 Å². The Kier molecular flexibility index (Phi) is 2.49. The average Bonchev–Trinajstić information content (AvgIpc) is 3.12. The highest BCUT2D eigenvalue weighted by atomic mass is 35.5. The summed E-state index contributed by atoms with van der Waals surface area (Å²) in [7, 11) is 0. The Labute approximate surface area is 110 Å². The van der Waals surface area contributed by atoms with Crippen LogP contribution in [0.3, 0.4) is 0 Å². The molecule has 1 amide bonds. The molecule has 0 bridgehead atoms. The smallest absolute Gasteiger partial charge is 0.413 e. The van der Waals surface area contributed by atoms with Gasteiger partial charge in [-0.05, 0) is 38.0 Å². The van der Waals surface area contributed by atoms with Gasteiger partial charge >= 0.3 is 6.09 Å². The first-order valence-corrected chi connectivity index (χ1v) is 6.27. The quantitative estimate of drug-likeness (QED) is 0.726. The van der Waals surface area contributed by atoms with Gasteiger partial charge in [-0.3, -0.25) is 5.32 Å². The van der Waals surface area contributed by atoms with Crippen molar-refractivity contribution in [1.82, 2.24) is 0 Å². The third kappa shape index (κ3) is 2.04. The molecule has 1 aliphatic heterocycles. The van der Waals surface area contributed by atoms with Crippen LogP contribution in [0.2, 0.25) is 5.02 Å². The number of carbonyl (C=O) groups is 1. The maximum Gasteiger partial charge on any atom is 0.413 e. The zero-order chi connectivity index (χ0) is 12.8. The predicted octanol–water partition coefficient (Wildman–Crippen LogP) is 3.53. The fraction of sp³-hybridized carbons (Fsp3) is 0.357. The van der Waals surface area contributed by atoms with Crippen molar-refractivity contribution in [2.75, 3.05) is 5.32 Å². The maximum absolute atomic E-state index is 11.6. The van der Waals surface area contributed by atoms with E-state index < -0.39 is 11.7 Å². The fourth-order valence-electron chi connectivity index (χ4n) is 1.96. The zero-order valence-electron chi connectivity index (χ0n) is 9.92. The first kappa shape index (κ1) is 11.4. The van der Waals surface area contributed by atoms with Crippen LogP contribution < -0.4 is 5.32 Å². The molecule has 1 atom stereocenters. The molecule has 1 aliphatic carbocycles. The molecule has 1 fully saturated rings. The lowest BCUT2D eigenvalue weighted by atomic mass is 9.93. The van der Waals surface area contributed by atoms with Gasteiger partial charge in [0.15, 0.2) is 5.60 Å². The van der Waals surface area contributed by atoms with Crippen molar-refractivity contribution >= 4 is 23.4 Å². The predicted molar refractivity (Wildman–Crippen MR) is 69.4 cm³/mol. The minimum Gasteiger partial charge on any atom is -0.425 e. The van der Waals surface area contributed by atoms with E-state index in [1.165, 1.54) is 0 Å². The molecule has 1 aromatic carbocycles. The molecule has 1 heterocycles. The van der Waals surface area contributed by atoms with Gasteiger partial charge in [0.05, 0.1) is 5.69 Å². The Bertz CT molecular complexity index is 583. The Morgan fingerprint density at radius 2 is 2.28 bits per heavy atom. The van der Waals surface area contributed by atoms with Gasteiger partial charge in [0.2, 0.25) is 0 Å². The Morgan fingerprint density at radius 3 is 3.00 bits per heavy atom. The average molecular weight is 262 g/mol. The molecule has 4 heteroatoms. The molecule has 0 saturated heterocycles. The van der Waals surface area contributed by atoms with Crippen molar-refractivity contribution in [3.63, 3.8) is 0 Å². The van der Waals surface area contributed by atoms with E-state index in [1.54, 1.807) is 25.1 Å². The lowest BCUT2D eigenvalue weighted by Crippen LogP contribution is -2.36. The molecule has 92 valence electrons. The van der Waals surface area contributed by atoms with Crippen LogP contribution in [-0.2, 0) is 10.3 Å². The fourth-order valence-corrected chi connectivity index (χ4v) is 2.13. The SMILES string of the molecule is CC1(C#CC2CC2)OC(=O)Nc2ccc(Cl)cc21. The molecule has 0 radical (unpaired) electrons. The number of halogens is 1. The van der Waals surface area contributed by atoms with Crippen molar-refractivity contribution in [1.29, 1.82) is 0 Å². The number of carbonyl (C=O) groups excluding carboxylic acids is 1. The Morgan fingerprint density at radius 1 is 1.50 bits per heavy atom. The third-order valence-corrected chi connectivity index (χ3v) is 3.36. The summed E-state index contributed by atoms with van der Waals surface area (Å²) in [5, 5.41) is 3.26. The highest BCUT2D eigenvalue weighted by molar-refractivity contribution is 6.30. The molecule has 1 N–H and O–H groups in total. The maximum atomic E-state index is 11.6. The first-order valence-electron chi connectivity index (χ1n) is 5.89. The van der Waals surface area contributed by atoms with Gasteiger partial charge in [-0.1, -0.05) is 23.4 Å². The number of benzene rings is 1. The number of rotatable bonds is 0. The topological polar surface area (TPSA) is 38.3 Å². The molecule has 0 spiro atoms. The summed E-state index contributed by atoms with van der Waals surface area (Å²) in [6.07, 6.45) is 1.80. The lowest BCUT2D eigenvalue weighted by molar-refractivity contribution is 0.0714. The number of cyclic esters (lactones) is 1. The van der Waals surface area contributed by atoms with E-state index in [1.807, 2.05) is 0 Å². The summed E-state index contributed by atoms with van der Waals surface area (Å²) < 4.78 is 5.35. The van der Waals surface area contributed by atoms with Gasteiger partial charge < -0.3 is 4.74 Å². The molecule has 2 aliphatic rings. The molecule has 0 aromatic heterocycles. The molecule has 1 unspecified atom stereocenters. The second-order valence-electron chi connectivity index (χ2n) is 4.78. The number of hydrogen-bond acceptors (Lipinski definition) is 2. The monoisotopic (exact) mass is 261 g/mol. The van der Waals surface area contributed by atoms with E-state index >= 15 is 0 Å². The number of amides is 1. The minimum absolute atomic E-state index is 0.457. The van der Waals surface area contributed by atoms with Crippen LogP contribution in [-0.4, -0.2) is 6.09 Å². The second-order valence-corrected chi connectivity index (χ2v) is 5.22. The lowest BCUT2D eigenvalue weighted by Gasteiger charge is -2.31. The highest BCUT2D eigenvalue weighted by Crippen LogP contribution is 2.37. The van der Waals surface area contributed by atoms with Gasteiger partial charge in [-0.2, -0.15) is 0 Å². The second kappa shape index (κ2) is 3.93. The molecular weight excluding hydrogens is 250 g/mol. The van der Waals surface area contributed by atoms with E-state index in [0.29, 0.717) is 16.6 Å². The summed E-state index contributed by atoms with van der Waals surface area (Å²) in [4.78, 5) is 11.6. The first-order chi connectivity index (χ1) is 8.57. The van der Waals surface area contributed by atoms with E-state index in [-0.39, 0.29) is 0 Å². The number of fused-ring (bicyclic) bond motifs is 1. The van der Waals surface area contributed by atoms with Crippen molar-refractivity contribution in [2.24, 2.45) is 5.92 Å². The van der Waals surface area contributed by atoms with Crippen molar-refractivity contribution in [2.45, 2.75) is 25.4 Å². The summed E-state index contributed by atoms with van der Waals surface area (Å²) >= 11 is 6.00. The van der Waals surface area contributed by atoms with E-state index in [0.717, 1.165) is 18.4 Å². The van der Waals surface area contributed by atoms with Crippen molar-refractivity contribution < 1.29 is 9.53 Å². The Hall–Kier alpha value is -1.66. The summed E-state index contributed by atoms with van der Waals surface area (Å²) in [5.41, 5.74) is 0.608. The normalized spacial score (nSPS) is 25.3.